The first kappa shape index (κ1) is 20.4. The number of aromatic nitrogens is 2. The molecule has 0 amide bonds. The van der Waals surface area contributed by atoms with E-state index in [1.165, 1.54) is 37.0 Å². The van der Waals surface area contributed by atoms with Gasteiger partial charge in [-0.05, 0) is 81.6 Å². The predicted octanol–water partition coefficient (Wildman–Crippen LogP) is 8.96. The predicted molar refractivity (Wildman–Crippen MR) is 146 cm³/mol. The van der Waals surface area contributed by atoms with Gasteiger partial charge in [0.2, 0.25) is 11.8 Å². The van der Waals surface area contributed by atoms with Crippen LogP contribution in [0.5, 0.6) is 0 Å². The van der Waals surface area contributed by atoms with E-state index in [1.54, 1.807) is 0 Å². The van der Waals surface area contributed by atoms with E-state index in [-0.39, 0.29) is 0 Å². The van der Waals surface area contributed by atoms with Crippen molar-refractivity contribution in [3.05, 3.63) is 101 Å². The monoisotopic (exact) mass is 470 g/mol. The lowest BCUT2D eigenvalue weighted by atomic mass is 9.90. The lowest BCUT2D eigenvalue weighted by Gasteiger charge is -2.14. The highest BCUT2D eigenvalue weighted by Crippen LogP contribution is 2.45. The Morgan fingerprint density at radius 3 is 2.40 bits per heavy atom. The fourth-order valence-electron chi connectivity index (χ4n) is 5.10. The van der Waals surface area contributed by atoms with E-state index in [0.717, 1.165) is 22.9 Å². The van der Waals surface area contributed by atoms with Gasteiger partial charge in [-0.15, -0.1) is 21.5 Å². The molecule has 0 bridgehead atoms. The molecule has 1 aliphatic carbocycles. The Balaban J connectivity index is 1.32. The van der Waals surface area contributed by atoms with Gasteiger partial charge in [0.15, 0.2) is 0 Å². The molecule has 0 saturated heterocycles. The first-order valence-corrected chi connectivity index (χ1v) is 12.7. The summed E-state index contributed by atoms with van der Waals surface area (Å²) in [7, 11) is 0. The summed E-state index contributed by atoms with van der Waals surface area (Å²) in [5, 5.41) is 12.3. The van der Waals surface area contributed by atoms with Gasteiger partial charge in [0.05, 0.1) is 0 Å². The van der Waals surface area contributed by atoms with E-state index in [9.17, 15) is 0 Å². The number of benzene rings is 4. The van der Waals surface area contributed by atoms with Gasteiger partial charge in [-0.2, -0.15) is 0 Å². The zero-order chi connectivity index (χ0) is 23.4. The zero-order valence-electron chi connectivity index (χ0n) is 19.2. The van der Waals surface area contributed by atoms with Gasteiger partial charge >= 0.3 is 0 Å². The lowest BCUT2D eigenvalue weighted by Crippen LogP contribution is -1.96. The Morgan fingerprint density at radius 2 is 1.54 bits per heavy atom. The summed E-state index contributed by atoms with van der Waals surface area (Å²) in [5.41, 5.74) is 5.87. The third-order valence-electron chi connectivity index (χ3n) is 6.88. The maximum atomic E-state index is 6.01. The van der Waals surface area contributed by atoms with E-state index >= 15 is 0 Å². The molecule has 168 valence electrons. The molecule has 2 heterocycles. The van der Waals surface area contributed by atoms with Gasteiger partial charge in [0.1, 0.15) is 0 Å². The molecule has 1 aliphatic rings. The number of hydrogen-bond acceptors (Lipinski definition) is 4. The second kappa shape index (κ2) is 8.03. The summed E-state index contributed by atoms with van der Waals surface area (Å²) in [5.74, 6) is 1.63. The summed E-state index contributed by atoms with van der Waals surface area (Å²) < 4.78 is 7.38. The highest BCUT2D eigenvalue weighted by Gasteiger charge is 2.20. The molecule has 35 heavy (non-hydrogen) atoms. The standard InChI is InChI=1S/C31H22N2OS/c1-19-7-5-12-27-28(19)26-11-6-10-25(29(26)35-27)22-15-13-20-14-16-23(18-24(20)17-22)31-33-32-30(34-31)21-8-3-2-4-9-21/h2-6,8-19H,7H2,1H3. The highest BCUT2D eigenvalue weighted by molar-refractivity contribution is 7.20. The second-order valence-corrected chi connectivity index (χ2v) is 10.2. The van der Waals surface area contributed by atoms with Crippen molar-refractivity contribution in [3.8, 4) is 34.0 Å². The first-order valence-electron chi connectivity index (χ1n) is 11.9. The average molecular weight is 471 g/mol. The van der Waals surface area contributed by atoms with Gasteiger partial charge in [-0.1, -0.05) is 67.6 Å². The molecule has 3 nitrogen and oxygen atoms in total. The SMILES string of the molecule is CC1CC=Cc2sc3c(-c4ccc5ccc(-c6nnc(-c7ccccc7)o6)cc5c4)cccc3c21. The lowest BCUT2D eigenvalue weighted by molar-refractivity contribution is 0.584. The number of nitrogens with zero attached hydrogens (tertiary/aromatic N) is 2. The summed E-state index contributed by atoms with van der Waals surface area (Å²) in [6, 6.07) is 29.6. The Kier molecular flexibility index (Phi) is 4.67. The van der Waals surface area contributed by atoms with E-state index in [4.69, 9.17) is 4.42 Å². The van der Waals surface area contributed by atoms with Crippen molar-refractivity contribution in [2.24, 2.45) is 0 Å². The topological polar surface area (TPSA) is 38.9 Å². The van der Waals surface area contributed by atoms with Crippen molar-refractivity contribution in [1.29, 1.82) is 0 Å². The minimum absolute atomic E-state index is 0.532. The van der Waals surface area contributed by atoms with Crippen LogP contribution in [-0.2, 0) is 0 Å². The molecule has 0 spiro atoms. The van der Waals surface area contributed by atoms with Crippen LogP contribution in [0.1, 0.15) is 29.7 Å². The molecular formula is C31H22N2OS. The molecule has 6 aromatic rings. The van der Waals surface area contributed by atoms with Crippen LogP contribution in [-0.4, -0.2) is 10.2 Å². The van der Waals surface area contributed by atoms with Gasteiger partial charge in [0.25, 0.3) is 0 Å². The fourth-order valence-corrected chi connectivity index (χ4v) is 6.49. The van der Waals surface area contributed by atoms with Gasteiger partial charge in [-0.3, -0.25) is 0 Å². The van der Waals surface area contributed by atoms with Crippen molar-refractivity contribution in [1.82, 2.24) is 10.2 Å². The first-order chi connectivity index (χ1) is 17.2. The zero-order valence-corrected chi connectivity index (χ0v) is 20.0. The highest BCUT2D eigenvalue weighted by atomic mass is 32.1. The van der Waals surface area contributed by atoms with Gasteiger partial charge < -0.3 is 4.42 Å². The largest absolute Gasteiger partial charge is 0.416 e. The van der Waals surface area contributed by atoms with Crippen LogP contribution in [0.3, 0.4) is 0 Å². The maximum absolute atomic E-state index is 6.01. The molecule has 1 unspecified atom stereocenters. The minimum Gasteiger partial charge on any atom is -0.416 e. The van der Waals surface area contributed by atoms with E-state index in [2.05, 4.69) is 77.8 Å². The maximum Gasteiger partial charge on any atom is 0.248 e. The van der Waals surface area contributed by atoms with E-state index < -0.39 is 0 Å². The molecule has 0 aliphatic heterocycles. The summed E-state index contributed by atoms with van der Waals surface area (Å²) in [6.45, 7) is 2.33. The van der Waals surface area contributed by atoms with Crippen LogP contribution in [0.25, 0.3) is 61.0 Å². The summed E-state index contributed by atoms with van der Waals surface area (Å²) >= 11 is 1.91. The number of allylic oxidation sites excluding steroid dienone is 1. The van der Waals surface area contributed by atoms with Crippen molar-refractivity contribution in [2.45, 2.75) is 19.3 Å². The molecule has 4 aromatic carbocycles. The Labute approximate surface area is 207 Å². The Bertz CT molecular complexity index is 1740. The number of fused-ring (bicyclic) bond motifs is 4. The van der Waals surface area contributed by atoms with Crippen molar-refractivity contribution in [2.75, 3.05) is 0 Å². The fraction of sp³-hybridized carbons (Fsp3) is 0.0968. The molecule has 2 aromatic heterocycles. The molecule has 1 atom stereocenters. The van der Waals surface area contributed by atoms with Crippen LogP contribution < -0.4 is 0 Å². The Morgan fingerprint density at radius 1 is 0.771 bits per heavy atom. The number of hydrogen-bond donors (Lipinski definition) is 0. The van der Waals surface area contributed by atoms with Crippen LogP contribution in [0.15, 0.2) is 95.4 Å². The molecule has 0 radical (unpaired) electrons. The third kappa shape index (κ3) is 3.41. The molecule has 7 rings (SSSR count). The second-order valence-electron chi connectivity index (χ2n) is 9.16. The van der Waals surface area contributed by atoms with Crippen LogP contribution in [0, 0.1) is 0 Å². The Hall–Kier alpha value is -4.02. The minimum atomic E-state index is 0.532. The van der Waals surface area contributed by atoms with Gasteiger partial charge in [0, 0.05) is 20.7 Å². The normalized spacial score (nSPS) is 15.1. The molecule has 0 N–H and O–H groups in total. The van der Waals surface area contributed by atoms with Crippen molar-refractivity contribution < 1.29 is 4.42 Å². The number of rotatable bonds is 3. The van der Waals surface area contributed by atoms with Crippen molar-refractivity contribution >= 4 is 38.3 Å². The molecule has 0 saturated carbocycles. The smallest absolute Gasteiger partial charge is 0.248 e. The number of thiophene rings is 1. The van der Waals surface area contributed by atoms with Crippen LogP contribution in [0.2, 0.25) is 0 Å². The van der Waals surface area contributed by atoms with E-state index in [1.807, 2.05) is 47.7 Å². The van der Waals surface area contributed by atoms with Crippen molar-refractivity contribution in [3.63, 3.8) is 0 Å². The molecule has 0 fully saturated rings. The summed E-state index contributed by atoms with van der Waals surface area (Å²) in [4.78, 5) is 1.40. The molecular weight excluding hydrogens is 448 g/mol. The molecule has 4 heteroatoms. The van der Waals surface area contributed by atoms with Crippen LogP contribution >= 0.6 is 11.3 Å². The van der Waals surface area contributed by atoms with Crippen LogP contribution in [0.4, 0.5) is 0 Å². The quantitative estimate of drug-likeness (QED) is 0.259. The summed E-state index contributed by atoms with van der Waals surface area (Å²) in [6.07, 6.45) is 5.72. The average Bonchev–Trinajstić information content (AvgIpc) is 3.54. The van der Waals surface area contributed by atoms with Gasteiger partial charge in [-0.25, -0.2) is 0 Å². The van der Waals surface area contributed by atoms with E-state index in [0.29, 0.717) is 17.7 Å². The third-order valence-corrected chi connectivity index (χ3v) is 8.10.